The number of amides is 1. The Morgan fingerprint density at radius 3 is 3.00 bits per heavy atom. The Morgan fingerprint density at radius 2 is 2.21 bits per heavy atom. The Bertz CT molecular complexity index is 753. The van der Waals surface area contributed by atoms with Gasteiger partial charge in [0, 0.05) is 13.1 Å². The third kappa shape index (κ3) is 5.16. The quantitative estimate of drug-likeness (QED) is 0.548. The monoisotopic (exact) mass is 351 g/mol. The minimum absolute atomic E-state index is 0.0142. The number of unbranched alkanes of at least 4 members (excludes halogenated alkanes) is 2. The van der Waals surface area contributed by atoms with Gasteiger partial charge in [0.1, 0.15) is 4.83 Å². The highest BCUT2D eigenvalue weighted by molar-refractivity contribution is 7.16. The third-order valence-corrected chi connectivity index (χ3v) is 4.29. The second-order valence-electron chi connectivity index (χ2n) is 5.35. The SMILES string of the molecule is CCCCCNC(=O)COC(=O)CCn1cnc2sccc2c1=O. The molecule has 0 unspecified atom stereocenters. The highest BCUT2D eigenvalue weighted by Gasteiger charge is 2.10. The first-order valence-electron chi connectivity index (χ1n) is 7.96. The predicted octanol–water partition coefficient (Wildman–Crippen LogP) is 1.70. The maximum atomic E-state index is 12.2. The molecule has 0 aliphatic heterocycles. The molecule has 2 rings (SSSR count). The molecule has 0 aliphatic rings. The second-order valence-corrected chi connectivity index (χ2v) is 6.24. The number of aryl methyl sites for hydroxylation is 1. The molecule has 2 heterocycles. The lowest BCUT2D eigenvalue weighted by Gasteiger charge is -2.07. The van der Waals surface area contributed by atoms with Crippen molar-refractivity contribution in [1.29, 1.82) is 0 Å². The van der Waals surface area contributed by atoms with Crippen LogP contribution in [0.1, 0.15) is 32.6 Å². The van der Waals surface area contributed by atoms with E-state index in [0.29, 0.717) is 16.8 Å². The van der Waals surface area contributed by atoms with Crippen molar-refractivity contribution in [2.24, 2.45) is 0 Å². The largest absolute Gasteiger partial charge is 0.456 e. The average molecular weight is 351 g/mol. The zero-order chi connectivity index (χ0) is 17.4. The van der Waals surface area contributed by atoms with Gasteiger partial charge in [-0.25, -0.2) is 4.98 Å². The van der Waals surface area contributed by atoms with Crippen LogP contribution in [0.3, 0.4) is 0 Å². The molecule has 0 saturated carbocycles. The lowest BCUT2D eigenvalue weighted by molar-refractivity contribution is -0.148. The first-order valence-corrected chi connectivity index (χ1v) is 8.84. The van der Waals surface area contributed by atoms with E-state index in [9.17, 15) is 14.4 Å². The van der Waals surface area contributed by atoms with Crippen molar-refractivity contribution in [2.45, 2.75) is 39.2 Å². The van der Waals surface area contributed by atoms with Gasteiger partial charge in [-0.3, -0.25) is 19.0 Å². The molecular weight excluding hydrogens is 330 g/mol. The number of thiophene rings is 1. The number of ether oxygens (including phenoxy) is 1. The van der Waals surface area contributed by atoms with Gasteiger partial charge < -0.3 is 10.1 Å². The zero-order valence-corrected chi connectivity index (χ0v) is 14.4. The molecule has 0 bridgehead atoms. The lowest BCUT2D eigenvalue weighted by Crippen LogP contribution is -2.30. The van der Waals surface area contributed by atoms with Crippen LogP contribution >= 0.6 is 11.3 Å². The molecule has 8 heteroatoms. The van der Waals surface area contributed by atoms with Crippen LogP contribution in [-0.2, 0) is 20.9 Å². The van der Waals surface area contributed by atoms with Gasteiger partial charge in [0.15, 0.2) is 6.61 Å². The summed E-state index contributed by atoms with van der Waals surface area (Å²) in [6.45, 7) is 2.56. The number of nitrogens with one attached hydrogen (secondary N) is 1. The summed E-state index contributed by atoms with van der Waals surface area (Å²) < 4.78 is 6.29. The summed E-state index contributed by atoms with van der Waals surface area (Å²) in [5.74, 6) is -0.825. The van der Waals surface area contributed by atoms with Gasteiger partial charge in [-0.2, -0.15) is 0 Å². The number of fused-ring (bicyclic) bond motifs is 1. The molecule has 7 nitrogen and oxygen atoms in total. The van der Waals surface area contributed by atoms with Crippen molar-refractivity contribution < 1.29 is 14.3 Å². The van der Waals surface area contributed by atoms with Gasteiger partial charge in [0.2, 0.25) is 0 Å². The molecule has 0 spiro atoms. The average Bonchev–Trinajstić information content (AvgIpc) is 3.06. The van der Waals surface area contributed by atoms with Crippen LogP contribution in [0.2, 0.25) is 0 Å². The van der Waals surface area contributed by atoms with Crippen LogP contribution in [0.4, 0.5) is 0 Å². The minimum atomic E-state index is -0.518. The highest BCUT2D eigenvalue weighted by Crippen LogP contribution is 2.13. The zero-order valence-electron chi connectivity index (χ0n) is 13.6. The normalized spacial score (nSPS) is 10.7. The Labute approximate surface area is 143 Å². The number of hydrogen-bond acceptors (Lipinski definition) is 6. The van der Waals surface area contributed by atoms with Crippen LogP contribution in [0.15, 0.2) is 22.6 Å². The standard InChI is InChI=1S/C16H21N3O4S/c1-2-3-4-7-17-13(20)10-23-14(21)5-8-19-11-18-15-12(16(19)22)6-9-24-15/h6,9,11H,2-5,7-8,10H2,1H3,(H,17,20). The number of aromatic nitrogens is 2. The van der Waals surface area contributed by atoms with Crippen LogP contribution in [0, 0.1) is 0 Å². The van der Waals surface area contributed by atoms with Crippen LogP contribution < -0.4 is 10.9 Å². The van der Waals surface area contributed by atoms with Crippen molar-refractivity contribution in [2.75, 3.05) is 13.2 Å². The first-order chi connectivity index (χ1) is 11.6. The predicted molar refractivity (Wildman–Crippen MR) is 92.0 cm³/mol. The molecule has 1 amide bonds. The molecule has 0 radical (unpaired) electrons. The molecule has 1 N–H and O–H groups in total. The van der Waals surface area contributed by atoms with E-state index in [1.165, 1.54) is 22.2 Å². The molecule has 24 heavy (non-hydrogen) atoms. The summed E-state index contributed by atoms with van der Waals surface area (Å²) in [4.78, 5) is 40.2. The van der Waals surface area contributed by atoms with Crippen molar-refractivity contribution in [1.82, 2.24) is 14.9 Å². The van der Waals surface area contributed by atoms with E-state index in [2.05, 4.69) is 17.2 Å². The fourth-order valence-corrected chi connectivity index (χ4v) is 2.86. The van der Waals surface area contributed by atoms with E-state index in [1.807, 2.05) is 0 Å². The van der Waals surface area contributed by atoms with Gasteiger partial charge in [0.25, 0.3) is 11.5 Å². The maximum Gasteiger partial charge on any atom is 0.308 e. The molecule has 0 saturated heterocycles. The van der Waals surface area contributed by atoms with Gasteiger partial charge in [0.05, 0.1) is 18.1 Å². The van der Waals surface area contributed by atoms with Gasteiger partial charge in [-0.15, -0.1) is 11.3 Å². The van der Waals surface area contributed by atoms with E-state index in [0.717, 1.165) is 19.3 Å². The van der Waals surface area contributed by atoms with Crippen LogP contribution in [0.5, 0.6) is 0 Å². The molecule has 0 aliphatic carbocycles. The van der Waals surface area contributed by atoms with E-state index >= 15 is 0 Å². The van der Waals surface area contributed by atoms with Crippen molar-refractivity contribution in [3.63, 3.8) is 0 Å². The summed E-state index contributed by atoms with van der Waals surface area (Å²) in [7, 11) is 0. The van der Waals surface area contributed by atoms with Crippen LogP contribution in [0.25, 0.3) is 10.2 Å². The van der Waals surface area contributed by atoms with Gasteiger partial charge >= 0.3 is 5.97 Å². The number of nitrogens with zero attached hydrogens (tertiary/aromatic N) is 2. The Hall–Kier alpha value is -2.22. The van der Waals surface area contributed by atoms with E-state index in [-0.39, 0.29) is 31.0 Å². The smallest absolute Gasteiger partial charge is 0.308 e. The van der Waals surface area contributed by atoms with Crippen LogP contribution in [-0.4, -0.2) is 34.6 Å². The van der Waals surface area contributed by atoms with E-state index in [1.54, 1.807) is 11.4 Å². The maximum absolute atomic E-state index is 12.2. The summed E-state index contributed by atoms with van der Waals surface area (Å²) >= 11 is 1.39. The summed E-state index contributed by atoms with van der Waals surface area (Å²) in [5, 5.41) is 5.04. The summed E-state index contributed by atoms with van der Waals surface area (Å²) in [6, 6.07) is 1.72. The van der Waals surface area contributed by atoms with Crippen molar-refractivity contribution >= 4 is 33.4 Å². The fraction of sp³-hybridized carbons (Fsp3) is 0.500. The highest BCUT2D eigenvalue weighted by atomic mass is 32.1. The number of carbonyl (C=O) groups is 2. The van der Waals surface area contributed by atoms with Gasteiger partial charge in [-0.1, -0.05) is 19.8 Å². The first kappa shape index (κ1) is 18.1. The number of rotatable bonds is 9. The molecule has 130 valence electrons. The fourth-order valence-electron chi connectivity index (χ4n) is 2.14. The molecule has 2 aromatic rings. The molecule has 0 atom stereocenters. The third-order valence-electron chi connectivity index (χ3n) is 3.47. The molecule has 2 aromatic heterocycles. The Kier molecular flexibility index (Phi) is 6.92. The molecule has 0 aromatic carbocycles. The van der Waals surface area contributed by atoms with Crippen molar-refractivity contribution in [3.05, 3.63) is 28.1 Å². The summed E-state index contributed by atoms with van der Waals surface area (Å²) in [5.41, 5.74) is -0.178. The second kappa shape index (κ2) is 9.17. The summed E-state index contributed by atoms with van der Waals surface area (Å²) in [6.07, 6.45) is 4.49. The number of carbonyl (C=O) groups excluding carboxylic acids is 2. The van der Waals surface area contributed by atoms with E-state index in [4.69, 9.17) is 4.74 Å². The molecule has 0 fully saturated rings. The van der Waals surface area contributed by atoms with Gasteiger partial charge in [-0.05, 0) is 17.9 Å². The topological polar surface area (TPSA) is 90.3 Å². The van der Waals surface area contributed by atoms with E-state index < -0.39 is 5.97 Å². The Balaban J connectivity index is 1.73. The lowest BCUT2D eigenvalue weighted by atomic mass is 10.2. The van der Waals surface area contributed by atoms with Crippen molar-refractivity contribution in [3.8, 4) is 0 Å². The molecular formula is C16H21N3O4S. The number of hydrogen-bond donors (Lipinski definition) is 1. The Morgan fingerprint density at radius 1 is 1.38 bits per heavy atom. The number of esters is 1. The minimum Gasteiger partial charge on any atom is -0.456 e.